The number of halogens is 2. The molecule has 1 heterocycles. The van der Waals surface area contributed by atoms with Crippen molar-refractivity contribution >= 4 is 35.3 Å². The monoisotopic (exact) mass is 415 g/mol. The van der Waals surface area contributed by atoms with E-state index in [0.29, 0.717) is 29.2 Å². The molecule has 1 aromatic carbocycles. The van der Waals surface area contributed by atoms with Gasteiger partial charge in [0.05, 0.1) is 12.1 Å². The summed E-state index contributed by atoms with van der Waals surface area (Å²) in [5.74, 6) is 1.32. The average molecular weight is 416 g/mol. The standard InChI is InChI=1S/C20H26ClNO2S.ClH/c1-23-19-12-15(13-22-16-7-4-2-3-5-8-16)11-18(21)20(19)24-14-17-9-6-10-25-17;/h6,9-12,16,22H,2-5,7-8,13-14H2,1H3;1H. The zero-order valence-corrected chi connectivity index (χ0v) is 17.5. The Balaban J connectivity index is 0.00000243. The maximum Gasteiger partial charge on any atom is 0.180 e. The summed E-state index contributed by atoms with van der Waals surface area (Å²) in [4.78, 5) is 1.16. The van der Waals surface area contributed by atoms with Gasteiger partial charge in [0.1, 0.15) is 6.61 Å². The van der Waals surface area contributed by atoms with E-state index in [1.807, 2.05) is 23.6 Å². The lowest BCUT2D eigenvalue weighted by atomic mass is 10.1. The molecule has 1 fully saturated rings. The quantitative estimate of drug-likeness (QED) is 0.544. The van der Waals surface area contributed by atoms with Crippen molar-refractivity contribution in [2.45, 2.75) is 57.7 Å². The molecule has 0 aliphatic heterocycles. The van der Waals surface area contributed by atoms with Crippen LogP contribution in [0.5, 0.6) is 11.5 Å². The molecule has 0 unspecified atom stereocenters. The molecule has 0 radical (unpaired) electrons. The van der Waals surface area contributed by atoms with Crippen LogP contribution in [0.2, 0.25) is 5.02 Å². The maximum atomic E-state index is 6.47. The van der Waals surface area contributed by atoms with Crippen LogP contribution in [-0.4, -0.2) is 13.2 Å². The summed E-state index contributed by atoms with van der Waals surface area (Å²) in [6.07, 6.45) is 7.94. The summed E-state index contributed by atoms with van der Waals surface area (Å²) in [5.41, 5.74) is 1.13. The predicted molar refractivity (Wildman–Crippen MR) is 112 cm³/mol. The highest BCUT2D eigenvalue weighted by Crippen LogP contribution is 2.37. The van der Waals surface area contributed by atoms with Gasteiger partial charge in [-0.3, -0.25) is 0 Å². The molecule has 26 heavy (non-hydrogen) atoms. The van der Waals surface area contributed by atoms with Crippen LogP contribution in [0, 0.1) is 0 Å². The third-order valence-electron chi connectivity index (χ3n) is 4.68. The van der Waals surface area contributed by atoms with Crippen molar-refractivity contribution in [3.8, 4) is 11.5 Å². The van der Waals surface area contributed by atoms with Gasteiger partial charge in [-0.2, -0.15) is 0 Å². The van der Waals surface area contributed by atoms with Crippen molar-refractivity contribution < 1.29 is 9.47 Å². The van der Waals surface area contributed by atoms with Gasteiger partial charge in [0, 0.05) is 17.5 Å². The molecule has 1 N–H and O–H groups in total. The van der Waals surface area contributed by atoms with Crippen LogP contribution in [0.3, 0.4) is 0 Å². The Morgan fingerprint density at radius 3 is 2.62 bits per heavy atom. The number of nitrogens with one attached hydrogen (secondary N) is 1. The fraction of sp³-hybridized carbons (Fsp3) is 0.500. The second kappa shape index (κ2) is 11.0. The highest BCUT2D eigenvalue weighted by atomic mass is 35.5. The van der Waals surface area contributed by atoms with Crippen molar-refractivity contribution in [1.29, 1.82) is 0 Å². The van der Waals surface area contributed by atoms with Gasteiger partial charge in [-0.1, -0.05) is 43.4 Å². The molecule has 1 aliphatic carbocycles. The molecule has 0 atom stereocenters. The van der Waals surface area contributed by atoms with Crippen LogP contribution in [-0.2, 0) is 13.2 Å². The molecule has 1 aliphatic rings. The first-order valence-electron chi connectivity index (χ1n) is 9.01. The minimum absolute atomic E-state index is 0. The van der Waals surface area contributed by atoms with E-state index in [9.17, 15) is 0 Å². The van der Waals surface area contributed by atoms with E-state index in [2.05, 4.69) is 11.4 Å². The average Bonchev–Trinajstić information content (AvgIpc) is 3.00. The normalized spacial score (nSPS) is 15.2. The molecule has 144 valence electrons. The number of benzene rings is 1. The SMILES string of the molecule is COc1cc(CNC2CCCCCC2)cc(Cl)c1OCc1cccs1.Cl. The number of hydrogen-bond acceptors (Lipinski definition) is 4. The molecule has 0 bridgehead atoms. The van der Waals surface area contributed by atoms with E-state index in [-0.39, 0.29) is 12.4 Å². The number of methoxy groups -OCH3 is 1. The molecule has 0 saturated heterocycles. The Hall–Kier alpha value is -0.940. The van der Waals surface area contributed by atoms with E-state index in [0.717, 1.165) is 17.0 Å². The molecule has 2 aromatic rings. The number of rotatable bonds is 7. The van der Waals surface area contributed by atoms with Crippen molar-refractivity contribution in [2.24, 2.45) is 0 Å². The van der Waals surface area contributed by atoms with Crippen LogP contribution in [0.4, 0.5) is 0 Å². The van der Waals surface area contributed by atoms with Crippen LogP contribution in [0.15, 0.2) is 29.6 Å². The molecular formula is C20H27Cl2NO2S. The largest absolute Gasteiger partial charge is 0.493 e. The van der Waals surface area contributed by atoms with Gasteiger partial charge >= 0.3 is 0 Å². The Morgan fingerprint density at radius 1 is 1.19 bits per heavy atom. The minimum atomic E-state index is 0. The fourth-order valence-electron chi connectivity index (χ4n) is 3.30. The van der Waals surface area contributed by atoms with Crippen LogP contribution in [0.25, 0.3) is 0 Å². The molecular weight excluding hydrogens is 389 g/mol. The summed E-state index contributed by atoms with van der Waals surface area (Å²) < 4.78 is 11.4. The third-order valence-corrected chi connectivity index (χ3v) is 5.81. The second-order valence-corrected chi connectivity index (χ2v) is 7.99. The number of thiophene rings is 1. The Bertz CT molecular complexity index is 656. The van der Waals surface area contributed by atoms with Gasteiger partial charge < -0.3 is 14.8 Å². The molecule has 3 rings (SSSR count). The van der Waals surface area contributed by atoms with Gasteiger partial charge in [0.15, 0.2) is 11.5 Å². The molecule has 0 amide bonds. The van der Waals surface area contributed by atoms with E-state index >= 15 is 0 Å². The summed E-state index contributed by atoms with van der Waals surface area (Å²) >= 11 is 8.14. The van der Waals surface area contributed by atoms with E-state index in [4.69, 9.17) is 21.1 Å². The van der Waals surface area contributed by atoms with Crippen molar-refractivity contribution in [2.75, 3.05) is 7.11 Å². The highest BCUT2D eigenvalue weighted by Gasteiger charge is 2.15. The maximum absolute atomic E-state index is 6.47. The van der Waals surface area contributed by atoms with Crippen molar-refractivity contribution in [3.05, 3.63) is 45.1 Å². The smallest absolute Gasteiger partial charge is 0.180 e. The van der Waals surface area contributed by atoms with Crippen LogP contribution >= 0.6 is 35.3 Å². The highest BCUT2D eigenvalue weighted by molar-refractivity contribution is 7.09. The Kier molecular flexibility index (Phi) is 9.06. The minimum Gasteiger partial charge on any atom is -0.493 e. The van der Waals surface area contributed by atoms with E-state index in [1.54, 1.807) is 18.4 Å². The molecule has 3 nitrogen and oxygen atoms in total. The van der Waals surface area contributed by atoms with Gasteiger partial charge in [0.25, 0.3) is 0 Å². The molecule has 1 aromatic heterocycles. The Labute approximate surface area is 171 Å². The summed E-state index contributed by atoms with van der Waals surface area (Å²) in [6, 6.07) is 8.69. The van der Waals surface area contributed by atoms with E-state index in [1.165, 1.54) is 38.5 Å². The fourth-order valence-corrected chi connectivity index (χ4v) is 4.20. The first kappa shape index (κ1) is 21.4. The van der Waals surface area contributed by atoms with Crippen LogP contribution < -0.4 is 14.8 Å². The second-order valence-electron chi connectivity index (χ2n) is 6.55. The number of hydrogen-bond donors (Lipinski definition) is 1. The van der Waals surface area contributed by atoms with Crippen molar-refractivity contribution in [3.63, 3.8) is 0 Å². The summed E-state index contributed by atoms with van der Waals surface area (Å²) in [7, 11) is 1.66. The molecule has 6 heteroatoms. The lowest BCUT2D eigenvalue weighted by Gasteiger charge is -2.18. The zero-order valence-electron chi connectivity index (χ0n) is 15.1. The van der Waals surface area contributed by atoms with E-state index < -0.39 is 0 Å². The first-order chi connectivity index (χ1) is 12.3. The third kappa shape index (κ3) is 6.05. The first-order valence-corrected chi connectivity index (χ1v) is 10.3. The lowest BCUT2D eigenvalue weighted by molar-refractivity contribution is 0.287. The van der Waals surface area contributed by atoms with Crippen LogP contribution in [0.1, 0.15) is 49.0 Å². The van der Waals surface area contributed by atoms with Gasteiger partial charge in [-0.05, 0) is 42.0 Å². The lowest BCUT2D eigenvalue weighted by Crippen LogP contribution is -2.27. The summed E-state index contributed by atoms with van der Waals surface area (Å²) in [6.45, 7) is 1.32. The van der Waals surface area contributed by atoms with Crippen molar-refractivity contribution in [1.82, 2.24) is 5.32 Å². The van der Waals surface area contributed by atoms with Gasteiger partial charge in [-0.15, -0.1) is 23.7 Å². The topological polar surface area (TPSA) is 30.5 Å². The van der Waals surface area contributed by atoms with Gasteiger partial charge in [-0.25, -0.2) is 0 Å². The van der Waals surface area contributed by atoms with Gasteiger partial charge in [0.2, 0.25) is 0 Å². The zero-order chi connectivity index (χ0) is 17.5. The summed E-state index contributed by atoms with van der Waals surface area (Å²) in [5, 5.41) is 6.32. The Morgan fingerprint density at radius 2 is 1.96 bits per heavy atom. The number of ether oxygens (including phenoxy) is 2. The molecule has 1 saturated carbocycles. The molecule has 0 spiro atoms. The predicted octanol–water partition coefficient (Wildman–Crippen LogP) is 6.22.